The van der Waals surface area contributed by atoms with Crippen LogP contribution in [0.5, 0.6) is 0 Å². The molecule has 0 aromatic heterocycles. The molecule has 3 heteroatoms. The molecule has 4 aliphatic rings. The molecule has 0 spiro atoms. The summed E-state index contributed by atoms with van der Waals surface area (Å²) in [5.41, 5.74) is 6.01. The molecule has 92 valence electrons. The lowest BCUT2D eigenvalue weighted by Gasteiger charge is -2.49. The first-order valence-corrected chi connectivity index (χ1v) is 6.86. The number of hydrogen-bond acceptors (Lipinski definition) is 3. The van der Waals surface area contributed by atoms with Gasteiger partial charge in [-0.05, 0) is 58.2 Å². The zero-order chi connectivity index (χ0) is 11.3. The second kappa shape index (κ2) is 3.97. The van der Waals surface area contributed by atoms with Crippen molar-refractivity contribution in [2.45, 2.75) is 44.3 Å². The van der Waals surface area contributed by atoms with Gasteiger partial charge in [0.25, 0.3) is 0 Å². The SMILES string of the molecule is CC(N)CC1C2C(CN1C)C1CCN2CC1. The topological polar surface area (TPSA) is 32.5 Å². The van der Waals surface area contributed by atoms with Crippen LogP contribution in [0.2, 0.25) is 0 Å². The highest BCUT2D eigenvalue weighted by atomic mass is 15.3. The van der Waals surface area contributed by atoms with Crippen molar-refractivity contribution < 1.29 is 0 Å². The summed E-state index contributed by atoms with van der Waals surface area (Å²) in [5.74, 6) is 1.95. The number of hydrogen-bond donors (Lipinski definition) is 1. The summed E-state index contributed by atoms with van der Waals surface area (Å²) in [7, 11) is 2.30. The van der Waals surface area contributed by atoms with Crippen molar-refractivity contribution in [3.05, 3.63) is 0 Å². The smallest absolute Gasteiger partial charge is 0.0295 e. The molecule has 4 rings (SSSR count). The van der Waals surface area contributed by atoms with Crippen molar-refractivity contribution >= 4 is 0 Å². The average molecular weight is 223 g/mol. The molecule has 2 bridgehead atoms. The summed E-state index contributed by atoms with van der Waals surface area (Å²) in [6, 6.07) is 1.88. The lowest BCUT2D eigenvalue weighted by atomic mass is 9.73. The van der Waals surface area contributed by atoms with Gasteiger partial charge >= 0.3 is 0 Å². The van der Waals surface area contributed by atoms with E-state index in [4.69, 9.17) is 5.73 Å². The number of nitrogens with two attached hydrogens (primary N) is 1. The van der Waals surface area contributed by atoms with Crippen LogP contribution in [-0.2, 0) is 0 Å². The molecule has 0 radical (unpaired) electrons. The van der Waals surface area contributed by atoms with E-state index < -0.39 is 0 Å². The highest BCUT2D eigenvalue weighted by molar-refractivity contribution is 5.06. The molecule has 4 unspecified atom stereocenters. The summed E-state index contributed by atoms with van der Waals surface area (Å²) in [6.07, 6.45) is 4.06. The predicted octanol–water partition coefficient (Wildman–Crippen LogP) is 0.748. The Hall–Kier alpha value is -0.120. The third-order valence-corrected chi connectivity index (χ3v) is 5.11. The van der Waals surface area contributed by atoms with Crippen LogP contribution in [-0.4, -0.2) is 54.6 Å². The van der Waals surface area contributed by atoms with Crippen LogP contribution >= 0.6 is 0 Å². The largest absolute Gasteiger partial charge is 0.328 e. The fourth-order valence-corrected chi connectivity index (χ4v) is 4.41. The molecular weight excluding hydrogens is 198 g/mol. The summed E-state index contributed by atoms with van der Waals surface area (Å²) < 4.78 is 0. The first kappa shape index (κ1) is 11.0. The number of piperidine rings is 3. The van der Waals surface area contributed by atoms with Crippen LogP contribution in [0.15, 0.2) is 0 Å². The Morgan fingerprint density at radius 1 is 1.31 bits per heavy atom. The van der Waals surface area contributed by atoms with Crippen molar-refractivity contribution in [1.82, 2.24) is 9.80 Å². The van der Waals surface area contributed by atoms with Crippen molar-refractivity contribution in [2.75, 3.05) is 26.7 Å². The van der Waals surface area contributed by atoms with Crippen molar-refractivity contribution in [3.8, 4) is 0 Å². The van der Waals surface area contributed by atoms with Crippen LogP contribution < -0.4 is 5.73 Å². The zero-order valence-electron chi connectivity index (χ0n) is 10.6. The minimum Gasteiger partial charge on any atom is -0.328 e. The first-order chi connectivity index (χ1) is 7.66. The van der Waals surface area contributed by atoms with Gasteiger partial charge in [0.1, 0.15) is 0 Å². The van der Waals surface area contributed by atoms with E-state index in [0.29, 0.717) is 12.1 Å². The number of fused-ring (bicyclic) bond motifs is 2. The van der Waals surface area contributed by atoms with E-state index in [0.717, 1.165) is 17.9 Å². The standard InChI is InChI=1S/C13H25N3/c1-9(14)7-12-13-11(8-15(12)2)10-3-5-16(13)6-4-10/h9-13H,3-8,14H2,1-2H3. The van der Waals surface area contributed by atoms with E-state index in [2.05, 4.69) is 23.8 Å². The molecule has 2 N–H and O–H groups in total. The fourth-order valence-electron chi connectivity index (χ4n) is 4.41. The molecule has 16 heavy (non-hydrogen) atoms. The first-order valence-electron chi connectivity index (χ1n) is 6.86. The monoisotopic (exact) mass is 223 g/mol. The summed E-state index contributed by atoms with van der Waals surface area (Å²) in [4.78, 5) is 5.33. The van der Waals surface area contributed by atoms with Crippen molar-refractivity contribution in [2.24, 2.45) is 17.6 Å². The highest BCUT2D eigenvalue weighted by Gasteiger charge is 2.51. The van der Waals surface area contributed by atoms with E-state index in [1.54, 1.807) is 0 Å². The van der Waals surface area contributed by atoms with Gasteiger partial charge in [-0.15, -0.1) is 0 Å². The molecule has 4 aliphatic heterocycles. The van der Waals surface area contributed by atoms with Gasteiger partial charge in [-0.2, -0.15) is 0 Å². The molecule has 4 saturated heterocycles. The molecule has 0 aromatic carbocycles. The molecule has 0 aliphatic carbocycles. The lowest BCUT2D eigenvalue weighted by Crippen LogP contribution is -2.57. The lowest BCUT2D eigenvalue weighted by molar-refractivity contribution is 0.00215. The number of likely N-dealkylation sites (N-methyl/N-ethyl adjacent to an activating group) is 1. The van der Waals surface area contributed by atoms with Crippen molar-refractivity contribution in [1.29, 1.82) is 0 Å². The molecule has 0 aromatic rings. The Labute approximate surface area is 99.0 Å². The minimum absolute atomic E-state index is 0.341. The van der Waals surface area contributed by atoms with E-state index in [9.17, 15) is 0 Å². The fraction of sp³-hybridized carbons (Fsp3) is 1.00. The van der Waals surface area contributed by atoms with Crippen LogP contribution in [0.25, 0.3) is 0 Å². The third-order valence-electron chi connectivity index (χ3n) is 5.11. The van der Waals surface area contributed by atoms with Crippen LogP contribution in [0.1, 0.15) is 26.2 Å². The second-order valence-corrected chi connectivity index (χ2v) is 6.25. The predicted molar refractivity (Wildman–Crippen MR) is 66.3 cm³/mol. The van der Waals surface area contributed by atoms with Gasteiger partial charge in [0.05, 0.1) is 0 Å². The Morgan fingerprint density at radius 2 is 2.00 bits per heavy atom. The van der Waals surface area contributed by atoms with Gasteiger partial charge < -0.3 is 10.6 Å². The number of rotatable bonds is 2. The maximum Gasteiger partial charge on any atom is 0.0295 e. The Bertz CT molecular complexity index is 258. The molecule has 4 fully saturated rings. The third kappa shape index (κ3) is 1.60. The highest BCUT2D eigenvalue weighted by Crippen LogP contribution is 2.44. The average Bonchev–Trinajstić information content (AvgIpc) is 2.59. The maximum atomic E-state index is 6.01. The Balaban J connectivity index is 1.80. The molecule has 0 saturated carbocycles. The van der Waals surface area contributed by atoms with E-state index >= 15 is 0 Å². The van der Waals surface area contributed by atoms with Crippen LogP contribution in [0.3, 0.4) is 0 Å². The summed E-state index contributed by atoms with van der Waals surface area (Å²) >= 11 is 0. The van der Waals surface area contributed by atoms with E-state index in [-0.39, 0.29) is 0 Å². The zero-order valence-corrected chi connectivity index (χ0v) is 10.6. The van der Waals surface area contributed by atoms with Gasteiger partial charge in [-0.3, -0.25) is 4.90 Å². The maximum absolute atomic E-state index is 6.01. The van der Waals surface area contributed by atoms with Gasteiger partial charge in [0.2, 0.25) is 0 Å². The number of nitrogens with zero attached hydrogens (tertiary/aromatic N) is 2. The van der Waals surface area contributed by atoms with Gasteiger partial charge in [0, 0.05) is 24.7 Å². The van der Waals surface area contributed by atoms with E-state index in [1.165, 1.54) is 38.9 Å². The van der Waals surface area contributed by atoms with Gasteiger partial charge in [-0.25, -0.2) is 0 Å². The molecular formula is C13H25N3. The molecule has 0 amide bonds. The summed E-state index contributed by atoms with van der Waals surface area (Å²) in [5, 5.41) is 0. The summed E-state index contributed by atoms with van der Waals surface area (Å²) in [6.45, 7) is 6.14. The quantitative estimate of drug-likeness (QED) is 0.750. The Kier molecular flexibility index (Phi) is 2.73. The van der Waals surface area contributed by atoms with E-state index in [1.807, 2.05) is 0 Å². The molecule has 4 heterocycles. The number of likely N-dealkylation sites (tertiary alicyclic amines) is 1. The van der Waals surface area contributed by atoms with Crippen LogP contribution in [0, 0.1) is 11.8 Å². The second-order valence-electron chi connectivity index (χ2n) is 6.25. The van der Waals surface area contributed by atoms with Crippen molar-refractivity contribution in [3.63, 3.8) is 0 Å². The molecule has 3 nitrogen and oxygen atoms in total. The van der Waals surface area contributed by atoms with Crippen LogP contribution in [0.4, 0.5) is 0 Å². The normalized spacial score (nSPS) is 49.3. The van der Waals surface area contributed by atoms with Gasteiger partial charge in [-0.1, -0.05) is 0 Å². The minimum atomic E-state index is 0.341. The Morgan fingerprint density at radius 3 is 2.62 bits per heavy atom. The van der Waals surface area contributed by atoms with Gasteiger partial charge in [0.15, 0.2) is 0 Å². The molecule has 4 atom stereocenters.